The van der Waals surface area contributed by atoms with Crippen LogP contribution in [0.25, 0.3) is 0 Å². The second-order valence-electron chi connectivity index (χ2n) is 2.13. The highest BCUT2D eigenvalue weighted by Gasteiger charge is 2.01. The molecule has 0 bridgehead atoms. The first kappa shape index (κ1) is 15.7. The Hall–Kier alpha value is -0.790. The molecule has 0 unspecified atom stereocenters. The standard InChI is InChI=1S/C5H9NO3.H3O4P/c6-3-4(7)1-2-5(8)9;1-5(2,3)4/h1-3,6H2,(H,8,9);(H3,1,2,3,4)/p-1. The molecule has 0 aliphatic carbocycles. The number of hydrogen-bond acceptors (Lipinski definition) is 5. The van der Waals surface area contributed by atoms with Crippen molar-refractivity contribution in [1.82, 2.24) is 0 Å². The molecule has 5 N–H and O–H groups in total. The molecule has 0 saturated carbocycles. The molecule has 0 amide bonds. The summed E-state index contributed by atoms with van der Waals surface area (Å²) in [4.78, 5) is 43.1. The van der Waals surface area contributed by atoms with Crippen molar-refractivity contribution in [1.29, 1.82) is 0 Å². The molecular weight excluding hydrogens is 217 g/mol. The summed E-state index contributed by atoms with van der Waals surface area (Å²) in [5, 5.41) is 8.06. The van der Waals surface area contributed by atoms with Gasteiger partial charge in [0.25, 0.3) is 7.82 Å². The van der Waals surface area contributed by atoms with Crippen LogP contribution in [0.1, 0.15) is 12.8 Å². The molecule has 0 radical (unpaired) electrons. The molecular formula is C5H11NO7P-. The largest absolute Gasteiger partial charge is 0.756 e. The topological polar surface area (TPSA) is 161 Å². The highest BCUT2D eigenvalue weighted by Crippen LogP contribution is 2.18. The molecule has 8 nitrogen and oxygen atoms in total. The van der Waals surface area contributed by atoms with Crippen molar-refractivity contribution in [3.8, 4) is 0 Å². The van der Waals surface area contributed by atoms with Crippen LogP contribution in [0.5, 0.6) is 0 Å². The molecule has 0 saturated heterocycles. The number of rotatable bonds is 4. The van der Waals surface area contributed by atoms with Crippen molar-refractivity contribution in [3.63, 3.8) is 0 Å². The number of hydrogen-bond donors (Lipinski definition) is 4. The number of nitrogens with two attached hydrogens (primary N) is 1. The Balaban J connectivity index is 0. The molecule has 0 aromatic rings. The number of carboxylic acids is 1. The summed E-state index contributed by atoms with van der Waals surface area (Å²) in [6.45, 7) is -0.0622. The van der Waals surface area contributed by atoms with Gasteiger partial charge in [-0.05, 0) is 0 Å². The number of phosphoric acid groups is 1. The van der Waals surface area contributed by atoms with E-state index in [0.717, 1.165) is 0 Å². The van der Waals surface area contributed by atoms with E-state index in [1.807, 2.05) is 0 Å². The van der Waals surface area contributed by atoms with Crippen molar-refractivity contribution in [2.45, 2.75) is 12.8 Å². The van der Waals surface area contributed by atoms with E-state index >= 15 is 0 Å². The van der Waals surface area contributed by atoms with Gasteiger partial charge in [0.05, 0.1) is 13.0 Å². The minimum atomic E-state index is -4.89. The van der Waals surface area contributed by atoms with E-state index in [2.05, 4.69) is 0 Å². The van der Waals surface area contributed by atoms with E-state index in [4.69, 9.17) is 30.1 Å². The van der Waals surface area contributed by atoms with E-state index in [9.17, 15) is 9.59 Å². The maximum atomic E-state index is 10.3. The molecule has 14 heavy (non-hydrogen) atoms. The van der Waals surface area contributed by atoms with Crippen molar-refractivity contribution in [3.05, 3.63) is 0 Å². The Morgan fingerprint density at radius 1 is 1.29 bits per heavy atom. The highest BCUT2D eigenvalue weighted by atomic mass is 31.2. The molecule has 0 aromatic heterocycles. The molecule has 0 heterocycles. The van der Waals surface area contributed by atoms with Gasteiger partial charge in [-0.3, -0.25) is 14.2 Å². The number of carboxylic acid groups (broad SMARTS) is 1. The van der Waals surface area contributed by atoms with Crippen LogP contribution >= 0.6 is 7.82 Å². The van der Waals surface area contributed by atoms with Crippen molar-refractivity contribution in [2.24, 2.45) is 5.73 Å². The van der Waals surface area contributed by atoms with Crippen molar-refractivity contribution in [2.75, 3.05) is 6.54 Å². The van der Waals surface area contributed by atoms with Gasteiger partial charge in [-0.1, -0.05) is 0 Å². The van der Waals surface area contributed by atoms with E-state index in [1.54, 1.807) is 0 Å². The molecule has 0 aliphatic rings. The summed E-state index contributed by atoms with van der Waals surface area (Å²) in [7, 11) is -4.89. The number of ketones is 1. The molecule has 84 valence electrons. The van der Waals surface area contributed by atoms with Gasteiger partial charge in [0.15, 0.2) is 0 Å². The summed E-state index contributed by atoms with van der Waals surface area (Å²) in [6.07, 6.45) is -0.0676. The zero-order valence-corrected chi connectivity index (χ0v) is 8.01. The normalized spacial score (nSPS) is 10.0. The first-order chi connectivity index (χ1) is 6.16. The summed E-state index contributed by atoms with van der Waals surface area (Å²) in [5.41, 5.74) is 4.92. The predicted octanol–water partition coefficient (Wildman–Crippen LogP) is -2.18. The van der Waals surface area contributed by atoms with Gasteiger partial charge in [-0.15, -0.1) is 0 Å². The third-order valence-electron chi connectivity index (χ3n) is 0.845. The average Bonchev–Trinajstić information content (AvgIpc) is 1.96. The first-order valence-electron chi connectivity index (χ1n) is 3.37. The molecule has 9 heteroatoms. The van der Waals surface area contributed by atoms with Crippen LogP contribution < -0.4 is 10.6 Å². The maximum absolute atomic E-state index is 10.3. The van der Waals surface area contributed by atoms with Gasteiger partial charge < -0.3 is 25.5 Å². The second kappa shape index (κ2) is 7.60. The van der Waals surface area contributed by atoms with E-state index < -0.39 is 13.8 Å². The van der Waals surface area contributed by atoms with Gasteiger partial charge in [-0.25, -0.2) is 0 Å². The molecule has 0 spiro atoms. The Kier molecular flexibility index (Phi) is 8.51. The monoisotopic (exact) mass is 228 g/mol. The lowest BCUT2D eigenvalue weighted by Crippen LogP contribution is -2.14. The Bertz CT molecular complexity index is 226. The van der Waals surface area contributed by atoms with Gasteiger partial charge in [0.1, 0.15) is 5.78 Å². The SMILES string of the molecule is NCC(=O)CCC(=O)O.O=P([O-])(O)O. The lowest BCUT2D eigenvalue weighted by molar-refractivity contribution is -0.214. The van der Waals surface area contributed by atoms with Gasteiger partial charge in [0.2, 0.25) is 0 Å². The fraction of sp³-hybridized carbons (Fsp3) is 0.600. The number of aliphatic carboxylic acids is 1. The van der Waals surface area contributed by atoms with Crippen LogP contribution in [0.4, 0.5) is 0 Å². The van der Waals surface area contributed by atoms with Gasteiger partial charge in [0, 0.05) is 6.42 Å². The third-order valence-corrected chi connectivity index (χ3v) is 0.845. The summed E-state index contributed by atoms with van der Waals surface area (Å²) >= 11 is 0. The maximum Gasteiger partial charge on any atom is 0.303 e. The summed E-state index contributed by atoms with van der Waals surface area (Å²) in [6, 6.07) is 0. The van der Waals surface area contributed by atoms with E-state index in [0.29, 0.717) is 0 Å². The molecule has 0 fully saturated rings. The van der Waals surface area contributed by atoms with Crippen LogP contribution in [0.3, 0.4) is 0 Å². The Morgan fingerprint density at radius 3 is 1.86 bits per heavy atom. The highest BCUT2D eigenvalue weighted by molar-refractivity contribution is 7.43. The minimum Gasteiger partial charge on any atom is -0.756 e. The van der Waals surface area contributed by atoms with E-state index in [-0.39, 0.29) is 25.2 Å². The van der Waals surface area contributed by atoms with Crippen LogP contribution in [0, 0.1) is 0 Å². The smallest absolute Gasteiger partial charge is 0.303 e. The Labute approximate surface area is 79.6 Å². The molecule has 0 aliphatic heterocycles. The summed E-state index contributed by atoms with van der Waals surface area (Å²) in [5.74, 6) is -1.17. The van der Waals surface area contributed by atoms with Crippen LogP contribution in [-0.2, 0) is 14.2 Å². The van der Waals surface area contributed by atoms with Crippen molar-refractivity contribution >= 4 is 19.6 Å². The lowest BCUT2D eigenvalue weighted by atomic mass is 10.2. The van der Waals surface area contributed by atoms with E-state index in [1.165, 1.54) is 0 Å². The lowest BCUT2D eigenvalue weighted by Gasteiger charge is -2.01. The van der Waals surface area contributed by atoms with Gasteiger partial charge >= 0.3 is 5.97 Å². The second-order valence-corrected chi connectivity index (χ2v) is 3.11. The van der Waals surface area contributed by atoms with Crippen molar-refractivity contribution < 1.29 is 33.9 Å². The fourth-order valence-corrected chi connectivity index (χ4v) is 0.348. The van der Waals surface area contributed by atoms with Gasteiger partial charge in [-0.2, -0.15) is 0 Å². The zero-order valence-electron chi connectivity index (χ0n) is 7.12. The third kappa shape index (κ3) is 30.3. The fourth-order valence-electron chi connectivity index (χ4n) is 0.348. The quantitative estimate of drug-likeness (QED) is 0.394. The number of Topliss-reactive ketones (excluding diaryl/α,β-unsaturated/α-hetero) is 1. The number of carbonyl (C=O) groups is 2. The number of carbonyl (C=O) groups excluding carboxylic acids is 1. The Morgan fingerprint density at radius 2 is 1.64 bits per heavy atom. The minimum absolute atomic E-state index is 0.0475. The predicted molar refractivity (Wildman–Crippen MR) is 43.0 cm³/mol. The molecule has 0 aromatic carbocycles. The average molecular weight is 228 g/mol. The molecule has 0 rings (SSSR count). The zero-order chi connectivity index (χ0) is 11.8. The van der Waals surface area contributed by atoms with Crippen LogP contribution in [-0.4, -0.2) is 33.2 Å². The van der Waals surface area contributed by atoms with Crippen LogP contribution in [0.2, 0.25) is 0 Å². The molecule has 0 atom stereocenters. The summed E-state index contributed by atoms with van der Waals surface area (Å²) < 4.78 is 8.77. The first-order valence-corrected chi connectivity index (χ1v) is 4.90. The van der Waals surface area contributed by atoms with Crippen LogP contribution in [0.15, 0.2) is 0 Å².